The molecule has 1 aliphatic heterocycles. The fourth-order valence-corrected chi connectivity index (χ4v) is 3.04. The number of hydrogen-bond acceptors (Lipinski definition) is 4. The van der Waals surface area contributed by atoms with E-state index in [9.17, 15) is 9.59 Å². The van der Waals surface area contributed by atoms with E-state index >= 15 is 0 Å². The maximum Gasteiger partial charge on any atom is 0.251 e. The van der Waals surface area contributed by atoms with E-state index in [1.807, 2.05) is 24.3 Å². The first-order valence-corrected chi connectivity index (χ1v) is 7.52. The summed E-state index contributed by atoms with van der Waals surface area (Å²) in [5.41, 5.74) is 2.15. The molecule has 1 aliphatic carbocycles. The van der Waals surface area contributed by atoms with Crippen LogP contribution < -0.4 is 14.8 Å². The number of ether oxygens (including phenoxy) is 2. The molecule has 0 saturated heterocycles. The lowest BCUT2D eigenvalue weighted by Gasteiger charge is -2.25. The Balaban J connectivity index is 1.55. The van der Waals surface area contributed by atoms with E-state index in [1.165, 1.54) is 0 Å². The highest BCUT2D eigenvalue weighted by molar-refractivity contribution is 6.01. The van der Waals surface area contributed by atoms with Gasteiger partial charge in [0, 0.05) is 23.6 Å². The molecule has 0 spiro atoms. The quantitative estimate of drug-likeness (QED) is 0.925. The number of fused-ring (bicyclic) bond motifs is 2. The van der Waals surface area contributed by atoms with Gasteiger partial charge in [-0.25, -0.2) is 0 Å². The second-order valence-electron chi connectivity index (χ2n) is 5.73. The molecule has 0 fully saturated rings. The summed E-state index contributed by atoms with van der Waals surface area (Å²) in [7, 11) is 0. The molecular weight excluding hydrogens is 294 g/mol. The predicted octanol–water partition coefficient (Wildman–Crippen LogP) is 2.34. The van der Waals surface area contributed by atoms with Crippen molar-refractivity contribution in [2.45, 2.75) is 18.9 Å². The molecule has 1 N–H and O–H groups in total. The molecule has 1 amide bonds. The summed E-state index contributed by atoms with van der Waals surface area (Å²) in [5.74, 6) is 1.13. The molecule has 0 bridgehead atoms. The van der Waals surface area contributed by atoms with Crippen LogP contribution in [0.15, 0.2) is 42.5 Å². The Kier molecular flexibility index (Phi) is 3.26. The summed E-state index contributed by atoms with van der Waals surface area (Å²) >= 11 is 0. The second kappa shape index (κ2) is 5.43. The lowest BCUT2D eigenvalue weighted by Crippen LogP contribution is -2.40. The van der Waals surface area contributed by atoms with Crippen LogP contribution in [0.1, 0.15) is 32.7 Å². The zero-order valence-electron chi connectivity index (χ0n) is 12.4. The number of Topliss-reactive ketones (excluding diaryl/α,β-unsaturated/α-hetero) is 1. The van der Waals surface area contributed by atoms with Crippen molar-refractivity contribution in [1.29, 1.82) is 0 Å². The number of nitrogens with one attached hydrogen (secondary N) is 1. The van der Waals surface area contributed by atoms with Crippen molar-refractivity contribution < 1.29 is 19.1 Å². The zero-order valence-corrected chi connectivity index (χ0v) is 12.4. The minimum absolute atomic E-state index is 0.0166. The molecule has 0 unspecified atom stereocenters. The number of rotatable bonds is 2. The van der Waals surface area contributed by atoms with E-state index in [-0.39, 0.29) is 24.5 Å². The summed E-state index contributed by atoms with van der Waals surface area (Å²) in [6, 6.07) is 12.4. The van der Waals surface area contributed by atoms with Crippen LogP contribution in [0.5, 0.6) is 11.5 Å². The SMILES string of the molecule is O=C(N[C@H]1CC(=O)c2cc3c(cc2C1)OCO3)c1ccccc1. The van der Waals surface area contributed by atoms with Gasteiger partial charge in [-0.3, -0.25) is 9.59 Å². The number of carbonyl (C=O) groups excluding carboxylic acids is 2. The standard InChI is InChI=1S/C18H15NO4/c20-15-8-13(19-18(21)11-4-2-1-3-5-11)6-12-7-16-17(9-14(12)15)23-10-22-16/h1-5,7,9,13H,6,8,10H2,(H,19,21)/t13-/m1/s1. The van der Waals surface area contributed by atoms with Gasteiger partial charge < -0.3 is 14.8 Å². The van der Waals surface area contributed by atoms with E-state index in [0.29, 0.717) is 35.5 Å². The highest BCUT2D eigenvalue weighted by Gasteiger charge is 2.29. The van der Waals surface area contributed by atoms with Gasteiger partial charge in [0.15, 0.2) is 17.3 Å². The first kappa shape index (κ1) is 13.8. The monoisotopic (exact) mass is 309 g/mol. The van der Waals surface area contributed by atoms with Gasteiger partial charge in [0.1, 0.15) is 0 Å². The third-order valence-electron chi connectivity index (χ3n) is 4.17. The Morgan fingerprint density at radius 1 is 1.04 bits per heavy atom. The average Bonchev–Trinajstić information content (AvgIpc) is 3.01. The molecule has 5 heteroatoms. The van der Waals surface area contributed by atoms with Gasteiger partial charge in [0.05, 0.1) is 0 Å². The van der Waals surface area contributed by atoms with E-state index in [0.717, 1.165) is 5.56 Å². The minimum atomic E-state index is -0.205. The maximum atomic E-state index is 12.4. The largest absolute Gasteiger partial charge is 0.454 e. The van der Waals surface area contributed by atoms with Crippen molar-refractivity contribution in [2.24, 2.45) is 0 Å². The Labute approximate surface area is 133 Å². The van der Waals surface area contributed by atoms with Crippen LogP contribution in [-0.4, -0.2) is 24.5 Å². The van der Waals surface area contributed by atoms with Gasteiger partial charge in [0.25, 0.3) is 5.91 Å². The van der Waals surface area contributed by atoms with Gasteiger partial charge in [-0.1, -0.05) is 18.2 Å². The summed E-state index contributed by atoms with van der Waals surface area (Å²) in [4.78, 5) is 24.6. The topological polar surface area (TPSA) is 64.6 Å². The van der Waals surface area contributed by atoms with E-state index < -0.39 is 0 Å². The van der Waals surface area contributed by atoms with Crippen LogP contribution >= 0.6 is 0 Å². The van der Waals surface area contributed by atoms with Crippen molar-refractivity contribution in [2.75, 3.05) is 6.79 Å². The van der Waals surface area contributed by atoms with Crippen molar-refractivity contribution in [1.82, 2.24) is 5.32 Å². The molecule has 0 aromatic heterocycles. The van der Waals surface area contributed by atoms with Crippen molar-refractivity contribution >= 4 is 11.7 Å². The van der Waals surface area contributed by atoms with Crippen LogP contribution in [0.25, 0.3) is 0 Å². The Bertz CT molecular complexity index is 785. The molecule has 1 heterocycles. The molecule has 5 nitrogen and oxygen atoms in total. The van der Waals surface area contributed by atoms with Crippen LogP contribution in [0.4, 0.5) is 0 Å². The van der Waals surface area contributed by atoms with Crippen LogP contribution in [0.3, 0.4) is 0 Å². The average molecular weight is 309 g/mol. The third-order valence-corrected chi connectivity index (χ3v) is 4.17. The highest BCUT2D eigenvalue weighted by Crippen LogP contribution is 2.37. The number of carbonyl (C=O) groups is 2. The van der Waals surface area contributed by atoms with E-state index in [1.54, 1.807) is 18.2 Å². The summed E-state index contributed by atoms with van der Waals surface area (Å²) in [6.07, 6.45) is 0.904. The van der Waals surface area contributed by atoms with Crippen molar-refractivity contribution in [3.63, 3.8) is 0 Å². The third kappa shape index (κ3) is 2.54. The summed E-state index contributed by atoms with van der Waals surface area (Å²) in [5, 5.41) is 2.94. The van der Waals surface area contributed by atoms with Gasteiger partial charge in [-0.15, -0.1) is 0 Å². The molecule has 0 saturated carbocycles. The van der Waals surface area contributed by atoms with Gasteiger partial charge in [-0.2, -0.15) is 0 Å². The fourth-order valence-electron chi connectivity index (χ4n) is 3.04. The zero-order chi connectivity index (χ0) is 15.8. The van der Waals surface area contributed by atoms with Crippen LogP contribution in [0.2, 0.25) is 0 Å². The van der Waals surface area contributed by atoms with E-state index in [4.69, 9.17) is 9.47 Å². The second-order valence-corrected chi connectivity index (χ2v) is 5.73. The van der Waals surface area contributed by atoms with Crippen LogP contribution in [-0.2, 0) is 6.42 Å². The predicted molar refractivity (Wildman–Crippen MR) is 82.9 cm³/mol. The number of ketones is 1. The Hall–Kier alpha value is -2.82. The van der Waals surface area contributed by atoms with Crippen molar-refractivity contribution in [3.8, 4) is 11.5 Å². The maximum absolute atomic E-state index is 12.4. The first-order valence-electron chi connectivity index (χ1n) is 7.52. The van der Waals surface area contributed by atoms with Crippen LogP contribution in [0, 0.1) is 0 Å². The molecule has 1 atom stereocenters. The number of benzene rings is 2. The number of amides is 1. The summed E-state index contributed by atoms with van der Waals surface area (Å²) in [6.45, 7) is 0.181. The van der Waals surface area contributed by atoms with Gasteiger partial charge in [-0.05, 0) is 36.2 Å². The number of hydrogen-bond donors (Lipinski definition) is 1. The Morgan fingerprint density at radius 2 is 1.78 bits per heavy atom. The molecule has 4 rings (SSSR count). The van der Waals surface area contributed by atoms with Crippen molar-refractivity contribution in [3.05, 3.63) is 59.2 Å². The van der Waals surface area contributed by atoms with E-state index in [2.05, 4.69) is 5.32 Å². The summed E-state index contributed by atoms with van der Waals surface area (Å²) < 4.78 is 10.7. The highest BCUT2D eigenvalue weighted by atomic mass is 16.7. The molecule has 0 radical (unpaired) electrons. The molecule has 23 heavy (non-hydrogen) atoms. The first-order chi connectivity index (χ1) is 11.2. The van der Waals surface area contributed by atoms with Gasteiger partial charge in [0.2, 0.25) is 6.79 Å². The fraction of sp³-hybridized carbons (Fsp3) is 0.222. The molecular formula is C18H15NO4. The minimum Gasteiger partial charge on any atom is -0.454 e. The lowest BCUT2D eigenvalue weighted by molar-refractivity contribution is 0.0904. The lowest BCUT2D eigenvalue weighted by atomic mass is 9.86. The Morgan fingerprint density at radius 3 is 2.57 bits per heavy atom. The molecule has 2 aliphatic rings. The smallest absolute Gasteiger partial charge is 0.251 e. The van der Waals surface area contributed by atoms with Gasteiger partial charge >= 0.3 is 0 Å². The molecule has 116 valence electrons. The molecule has 2 aromatic rings. The normalized spacial score (nSPS) is 18.4. The molecule has 2 aromatic carbocycles.